The van der Waals surface area contributed by atoms with E-state index >= 15 is 0 Å². The van der Waals surface area contributed by atoms with Crippen LogP contribution in [0.4, 0.5) is 18.9 Å². The van der Waals surface area contributed by atoms with Gasteiger partial charge in [-0.05, 0) is 24.1 Å². The molecular formula is C11H13BrF3NO. The second-order valence-corrected chi connectivity index (χ2v) is 4.77. The first-order valence-corrected chi connectivity index (χ1v) is 5.85. The molecular weight excluding hydrogens is 299 g/mol. The molecule has 0 heterocycles. The molecule has 0 amide bonds. The van der Waals surface area contributed by atoms with Gasteiger partial charge in [0.15, 0.2) is 0 Å². The third-order valence-corrected chi connectivity index (χ3v) is 2.73. The van der Waals surface area contributed by atoms with Crippen LogP contribution in [0.2, 0.25) is 0 Å². The van der Waals surface area contributed by atoms with Gasteiger partial charge in [-0.2, -0.15) is 13.2 Å². The highest BCUT2D eigenvalue weighted by Gasteiger charge is 2.33. The molecule has 0 fully saturated rings. The minimum Gasteiger partial charge on any atom is -0.396 e. The lowest BCUT2D eigenvalue weighted by Crippen LogP contribution is -2.17. The van der Waals surface area contributed by atoms with E-state index in [1.165, 1.54) is 12.1 Å². The molecule has 1 aromatic carbocycles. The SMILES string of the molecule is CC(CO)CNc1cc(Br)ccc1C(F)(F)F. The predicted octanol–water partition coefficient (Wildman–Crippen LogP) is 3.51. The Morgan fingerprint density at radius 2 is 2.06 bits per heavy atom. The summed E-state index contributed by atoms with van der Waals surface area (Å²) in [6.07, 6.45) is -4.38. The molecule has 1 unspecified atom stereocenters. The fourth-order valence-corrected chi connectivity index (χ4v) is 1.62. The molecule has 1 aromatic rings. The number of rotatable bonds is 4. The fraction of sp³-hybridized carbons (Fsp3) is 0.455. The van der Waals surface area contributed by atoms with Crippen molar-refractivity contribution in [2.45, 2.75) is 13.1 Å². The lowest BCUT2D eigenvalue weighted by Gasteiger charge is -2.16. The zero-order valence-corrected chi connectivity index (χ0v) is 10.8. The number of anilines is 1. The maximum atomic E-state index is 12.7. The van der Waals surface area contributed by atoms with Crippen LogP contribution in [0.15, 0.2) is 22.7 Å². The minimum absolute atomic E-state index is 0.0205. The van der Waals surface area contributed by atoms with E-state index in [9.17, 15) is 13.2 Å². The Labute approximate surface area is 106 Å². The summed E-state index contributed by atoms with van der Waals surface area (Å²) in [5.41, 5.74) is -0.682. The molecule has 0 saturated heterocycles. The molecule has 96 valence electrons. The van der Waals surface area contributed by atoms with Gasteiger partial charge < -0.3 is 10.4 Å². The van der Waals surface area contributed by atoms with Crippen molar-refractivity contribution in [3.63, 3.8) is 0 Å². The topological polar surface area (TPSA) is 32.3 Å². The van der Waals surface area contributed by atoms with Gasteiger partial charge in [-0.25, -0.2) is 0 Å². The van der Waals surface area contributed by atoms with Crippen LogP contribution in [0.1, 0.15) is 12.5 Å². The molecule has 0 aliphatic rings. The summed E-state index contributed by atoms with van der Waals surface area (Å²) in [5, 5.41) is 11.5. The van der Waals surface area contributed by atoms with Crippen molar-refractivity contribution in [1.82, 2.24) is 0 Å². The van der Waals surface area contributed by atoms with E-state index < -0.39 is 11.7 Å². The van der Waals surface area contributed by atoms with Gasteiger partial charge in [0.25, 0.3) is 0 Å². The highest BCUT2D eigenvalue weighted by molar-refractivity contribution is 9.10. The molecule has 6 heteroatoms. The molecule has 1 rings (SSSR count). The maximum Gasteiger partial charge on any atom is 0.418 e. The van der Waals surface area contributed by atoms with Gasteiger partial charge in [0.2, 0.25) is 0 Å². The zero-order chi connectivity index (χ0) is 13.1. The Morgan fingerprint density at radius 1 is 1.41 bits per heavy atom. The van der Waals surface area contributed by atoms with E-state index in [0.717, 1.165) is 6.07 Å². The number of benzene rings is 1. The Morgan fingerprint density at radius 3 is 2.59 bits per heavy atom. The number of nitrogens with one attached hydrogen (secondary N) is 1. The molecule has 0 spiro atoms. The third-order valence-electron chi connectivity index (χ3n) is 2.24. The highest BCUT2D eigenvalue weighted by Crippen LogP contribution is 2.36. The molecule has 0 aromatic heterocycles. The monoisotopic (exact) mass is 311 g/mol. The summed E-state index contributed by atoms with van der Waals surface area (Å²) in [6, 6.07) is 3.76. The van der Waals surface area contributed by atoms with Crippen LogP contribution < -0.4 is 5.32 Å². The van der Waals surface area contributed by atoms with Crippen molar-refractivity contribution in [1.29, 1.82) is 0 Å². The molecule has 17 heavy (non-hydrogen) atoms. The van der Waals surface area contributed by atoms with Crippen LogP contribution in [0.3, 0.4) is 0 Å². The molecule has 0 aliphatic carbocycles. The van der Waals surface area contributed by atoms with Crippen molar-refractivity contribution >= 4 is 21.6 Å². The van der Waals surface area contributed by atoms with Crippen molar-refractivity contribution in [3.8, 4) is 0 Å². The number of aliphatic hydroxyl groups excluding tert-OH is 1. The van der Waals surface area contributed by atoms with Crippen molar-refractivity contribution in [2.75, 3.05) is 18.5 Å². The Balaban J connectivity index is 2.92. The number of hydrogen-bond acceptors (Lipinski definition) is 2. The predicted molar refractivity (Wildman–Crippen MR) is 63.9 cm³/mol. The van der Waals surface area contributed by atoms with Gasteiger partial charge in [0, 0.05) is 23.3 Å². The molecule has 2 nitrogen and oxygen atoms in total. The number of alkyl halides is 3. The Bertz CT molecular complexity index is 381. The minimum atomic E-state index is -4.38. The zero-order valence-electron chi connectivity index (χ0n) is 9.18. The molecule has 0 radical (unpaired) electrons. The second-order valence-electron chi connectivity index (χ2n) is 3.86. The molecule has 0 bridgehead atoms. The van der Waals surface area contributed by atoms with E-state index in [2.05, 4.69) is 21.2 Å². The van der Waals surface area contributed by atoms with Crippen LogP contribution in [-0.4, -0.2) is 18.3 Å². The molecule has 2 N–H and O–H groups in total. The van der Waals surface area contributed by atoms with Crippen molar-refractivity contribution < 1.29 is 18.3 Å². The van der Waals surface area contributed by atoms with Gasteiger partial charge in [0.05, 0.1) is 5.56 Å². The first kappa shape index (κ1) is 14.3. The summed E-state index contributed by atoms with van der Waals surface area (Å²) in [4.78, 5) is 0. The van der Waals surface area contributed by atoms with Gasteiger partial charge in [0.1, 0.15) is 0 Å². The van der Waals surface area contributed by atoms with E-state index in [1.807, 2.05) is 0 Å². The van der Waals surface area contributed by atoms with Gasteiger partial charge in [-0.3, -0.25) is 0 Å². The Hall–Kier alpha value is -0.750. The summed E-state index contributed by atoms with van der Waals surface area (Å²) < 4.78 is 38.6. The van der Waals surface area contributed by atoms with Crippen LogP contribution >= 0.6 is 15.9 Å². The van der Waals surface area contributed by atoms with Crippen molar-refractivity contribution in [3.05, 3.63) is 28.2 Å². The third kappa shape index (κ3) is 4.20. The molecule has 0 aliphatic heterocycles. The first-order chi connectivity index (χ1) is 7.84. The van der Waals surface area contributed by atoms with E-state index in [-0.39, 0.29) is 24.8 Å². The summed E-state index contributed by atoms with van der Waals surface area (Å²) in [7, 11) is 0. The highest BCUT2D eigenvalue weighted by atomic mass is 79.9. The number of hydrogen-bond donors (Lipinski definition) is 2. The normalized spacial score (nSPS) is 13.5. The number of aliphatic hydroxyl groups is 1. The quantitative estimate of drug-likeness (QED) is 0.892. The van der Waals surface area contributed by atoms with E-state index in [1.54, 1.807) is 6.92 Å². The standard InChI is InChI=1S/C11H13BrF3NO/c1-7(6-17)5-16-10-4-8(12)2-3-9(10)11(13,14)15/h2-4,7,16-17H,5-6H2,1H3. The average Bonchev–Trinajstić information content (AvgIpc) is 2.24. The molecule has 0 saturated carbocycles. The van der Waals surface area contributed by atoms with Crippen LogP contribution in [0.5, 0.6) is 0 Å². The van der Waals surface area contributed by atoms with Crippen LogP contribution in [0, 0.1) is 5.92 Å². The first-order valence-electron chi connectivity index (χ1n) is 5.06. The molecule has 1 atom stereocenters. The van der Waals surface area contributed by atoms with Gasteiger partial charge in [-0.15, -0.1) is 0 Å². The average molecular weight is 312 g/mol. The lowest BCUT2D eigenvalue weighted by molar-refractivity contribution is -0.137. The van der Waals surface area contributed by atoms with Crippen LogP contribution in [-0.2, 0) is 6.18 Å². The van der Waals surface area contributed by atoms with E-state index in [4.69, 9.17) is 5.11 Å². The largest absolute Gasteiger partial charge is 0.418 e. The summed E-state index contributed by atoms with van der Waals surface area (Å²) in [6.45, 7) is 1.97. The van der Waals surface area contributed by atoms with Crippen LogP contribution in [0.25, 0.3) is 0 Å². The second kappa shape index (κ2) is 5.73. The van der Waals surface area contributed by atoms with E-state index in [0.29, 0.717) is 4.47 Å². The smallest absolute Gasteiger partial charge is 0.396 e. The number of halogens is 4. The summed E-state index contributed by atoms with van der Waals surface area (Å²) in [5.74, 6) is -0.102. The van der Waals surface area contributed by atoms with Gasteiger partial charge >= 0.3 is 6.18 Å². The van der Waals surface area contributed by atoms with Crippen molar-refractivity contribution in [2.24, 2.45) is 5.92 Å². The Kier molecular flexibility index (Phi) is 4.82. The summed E-state index contributed by atoms with van der Waals surface area (Å²) >= 11 is 3.13. The fourth-order valence-electron chi connectivity index (χ4n) is 1.26. The van der Waals surface area contributed by atoms with Gasteiger partial charge in [-0.1, -0.05) is 22.9 Å². The lowest BCUT2D eigenvalue weighted by atomic mass is 10.1. The maximum absolute atomic E-state index is 12.7.